The largest absolute Gasteiger partial charge is 0.369 e. The van der Waals surface area contributed by atoms with Crippen molar-refractivity contribution in [3.63, 3.8) is 0 Å². The molecule has 20 heavy (non-hydrogen) atoms. The van der Waals surface area contributed by atoms with E-state index in [4.69, 9.17) is 0 Å². The van der Waals surface area contributed by atoms with Crippen LogP contribution < -0.4 is 10.6 Å². The van der Waals surface area contributed by atoms with Gasteiger partial charge in [0.25, 0.3) is 5.91 Å². The molecule has 104 valence electrons. The molecule has 0 radical (unpaired) electrons. The predicted molar refractivity (Wildman–Crippen MR) is 75.3 cm³/mol. The fourth-order valence-electron chi connectivity index (χ4n) is 1.64. The summed E-state index contributed by atoms with van der Waals surface area (Å²) < 4.78 is 13.5. The Bertz CT molecular complexity index is 613. The summed E-state index contributed by atoms with van der Waals surface area (Å²) >= 11 is 0. The molecule has 0 saturated heterocycles. The van der Waals surface area contributed by atoms with Crippen LogP contribution in [0.3, 0.4) is 0 Å². The minimum absolute atomic E-state index is 0.132. The minimum atomic E-state index is -0.495. The Balaban J connectivity index is 2.13. The third kappa shape index (κ3) is 3.28. The van der Waals surface area contributed by atoms with Crippen LogP contribution >= 0.6 is 0 Å². The SMILES string of the molecule is CCNc1cnc(C(=O)Nc2cc(C)ccc2F)cn1. The van der Waals surface area contributed by atoms with Gasteiger partial charge in [-0.15, -0.1) is 0 Å². The number of rotatable bonds is 4. The minimum Gasteiger partial charge on any atom is -0.369 e. The van der Waals surface area contributed by atoms with Gasteiger partial charge in [0.1, 0.15) is 17.3 Å². The van der Waals surface area contributed by atoms with Gasteiger partial charge in [-0.05, 0) is 31.5 Å². The zero-order valence-corrected chi connectivity index (χ0v) is 11.3. The molecule has 0 atom stereocenters. The fraction of sp³-hybridized carbons (Fsp3) is 0.214. The number of benzene rings is 1. The highest BCUT2D eigenvalue weighted by atomic mass is 19.1. The highest BCUT2D eigenvalue weighted by Crippen LogP contribution is 2.16. The fourth-order valence-corrected chi connectivity index (χ4v) is 1.64. The number of carbonyl (C=O) groups excluding carboxylic acids is 1. The second-order valence-electron chi connectivity index (χ2n) is 4.25. The summed E-state index contributed by atoms with van der Waals surface area (Å²) in [6.45, 7) is 4.47. The number of aromatic nitrogens is 2. The molecule has 5 nitrogen and oxygen atoms in total. The maximum absolute atomic E-state index is 13.5. The molecule has 2 aromatic rings. The monoisotopic (exact) mass is 274 g/mol. The number of hydrogen-bond donors (Lipinski definition) is 2. The van der Waals surface area contributed by atoms with Crippen molar-refractivity contribution in [2.45, 2.75) is 13.8 Å². The molecule has 1 heterocycles. The number of carbonyl (C=O) groups is 1. The first kappa shape index (κ1) is 13.9. The molecule has 0 aliphatic carbocycles. The van der Waals surface area contributed by atoms with Crippen LogP contribution in [0.5, 0.6) is 0 Å². The second kappa shape index (κ2) is 6.10. The van der Waals surface area contributed by atoms with E-state index in [1.165, 1.54) is 18.5 Å². The average Bonchev–Trinajstić information content (AvgIpc) is 2.44. The van der Waals surface area contributed by atoms with Gasteiger partial charge in [0, 0.05) is 6.54 Å². The van der Waals surface area contributed by atoms with Crippen LogP contribution in [0.15, 0.2) is 30.6 Å². The summed E-state index contributed by atoms with van der Waals surface area (Å²) in [6.07, 6.45) is 2.81. The number of nitrogens with zero attached hydrogens (tertiary/aromatic N) is 2. The predicted octanol–water partition coefficient (Wildman–Crippen LogP) is 2.61. The Kier molecular flexibility index (Phi) is 4.24. The van der Waals surface area contributed by atoms with Crippen LogP contribution in [0, 0.1) is 12.7 Å². The molecule has 0 saturated carbocycles. The van der Waals surface area contributed by atoms with Crippen LogP contribution in [0.1, 0.15) is 23.0 Å². The Labute approximate surface area is 116 Å². The van der Waals surface area contributed by atoms with Crippen molar-refractivity contribution in [3.8, 4) is 0 Å². The standard InChI is InChI=1S/C14H15FN4O/c1-3-16-13-8-17-12(7-18-13)14(20)19-11-6-9(2)4-5-10(11)15/h4-8H,3H2,1-2H3,(H,16,18)(H,19,20). The topological polar surface area (TPSA) is 66.9 Å². The molecule has 0 unspecified atom stereocenters. The van der Waals surface area contributed by atoms with Gasteiger partial charge in [-0.25, -0.2) is 14.4 Å². The smallest absolute Gasteiger partial charge is 0.275 e. The zero-order chi connectivity index (χ0) is 14.5. The summed E-state index contributed by atoms with van der Waals surface area (Å²) in [5.41, 5.74) is 1.12. The molecule has 0 spiro atoms. The van der Waals surface area contributed by atoms with Gasteiger partial charge >= 0.3 is 0 Å². The molecule has 1 amide bonds. The van der Waals surface area contributed by atoms with E-state index >= 15 is 0 Å². The Hall–Kier alpha value is -2.50. The molecule has 0 aliphatic rings. The number of aryl methyl sites for hydroxylation is 1. The van der Waals surface area contributed by atoms with Crippen molar-refractivity contribution in [2.24, 2.45) is 0 Å². The summed E-state index contributed by atoms with van der Waals surface area (Å²) in [4.78, 5) is 20.0. The number of amides is 1. The molecule has 0 aliphatic heterocycles. The highest BCUT2D eigenvalue weighted by Gasteiger charge is 2.11. The van der Waals surface area contributed by atoms with Crippen molar-refractivity contribution < 1.29 is 9.18 Å². The van der Waals surface area contributed by atoms with E-state index in [-0.39, 0.29) is 11.4 Å². The normalized spacial score (nSPS) is 10.2. The van der Waals surface area contributed by atoms with Gasteiger partial charge in [0.05, 0.1) is 18.1 Å². The molecule has 0 bridgehead atoms. The van der Waals surface area contributed by atoms with E-state index in [9.17, 15) is 9.18 Å². The Morgan fingerprint density at radius 1 is 1.30 bits per heavy atom. The van der Waals surface area contributed by atoms with Crippen molar-refractivity contribution in [2.75, 3.05) is 17.2 Å². The highest BCUT2D eigenvalue weighted by molar-refractivity contribution is 6.02. The summed E-state index contributed by atoms with van der Waals surface area (Å²) in [5, 5.41) is 5.46. The van der Waals surface area contributed by atoms with Gasteiger partial charge in [0.2, 0.25) is 0 Å². The van der Waals surface area contributed by atoms with Gasteiger partial charge in [-0.1, -0.05) is 6.07 Å². The van der Waals surface area contributed by atoms with Gasteiger partial charge in [-0.2, -0.15) is 0 Å². The van der Waals surface area contributed by atoms with Gasteiger partial charge in [-0.3, -0.25) is 4.79 Å². The summed E-state index contributed by atoms with van der Waals surface area (Å²) in [6, 6.07) is 4.51. The molecule has 2 rings (SSSR count). The molecular formula is C14H15FN4O. The molecule has 1 aromatic carbocycles. The Morgan fingerprint density at radius 3 is 2.75 bits per heavy atom. The lowest BCUT2D eigenvalue weighted by Crippen LogP contribution is -2.15. The first-order chi connectivity index (χ1) is 9.60. The Morgan fingerprint density at radius 2 is 2.10 bits per heavy atom. The van der Waals surface area contributed by atoms with Gasteiger partial charge < -0.3 is 10.6 Å². The van der Waals surface area contributed by atoms with Crippen LogP contribution in [0.4, 0.5) is 15.9 Å². The lowest BCUT2D eigenvalue weighted by molar-refractivity contribution is 0.102. The van der Waals surface area contributed by atoms with E-state index in [0.29, 0.717) is 12.4 Å². The van der Waals surface area contributed by atoms with E-state index < -0.39 is 11.7 Å². The molecule has 6 heteroatoms. The van der Waals surface area contributed by atoms with Crippen LogP contribution in [0.25, 0.3) is 0 Å². The van der Waals surface area contributed by atoms with Gasteiger partial charge in [0.15, 0.2) is 0 Å². The third-order valence-corrected chi connectivity index (χ3v) is 2.61. The second-order valence-corrected chi connectivity index (χ2v) is 4.25. The third-order valence-electron chi connectivity index (χ3n) is 2.61. The zero-order valence-electron chi connectivity index (χ0n) is 11.3. The maximum atomic E-state index is 13.5. The average molecular weight is 274 g/mol. The molecular weight excluding hydrogens is 259 g/mol. The van der Waals surface area contributed by atoms with Crippen molar-refractivity contribution in [1.82, 2.24) is 9.97 Å². The first-order valence-electron chi connectivity index (χ1n) is 6.23. The quantitative estimate of drug-likeness (QED) is 0.899. The molecule has 0 fully saturated rings. The van der Waals surface area contributed by atoms with Crippen molar-refractivity contribution in [3.05, 3.63) is 47.7 Å². The lowest BCUT2D eigenvalue weighted by Gasteiger charge is -2.07. The number of anilines is 2. The van der Waals surface area contributed by atoms with Crippen molar-refractivity contribution in [1.29, 1.82) is 0 Å². The molecule has 2 N–H and O–H groups in total. The van der Waals surface area contributed by atoms with E-state index in [1.54, 1.807) is 12.1 Å². The first-order valence-corrected chi connectivity index (χ1v) is 6.23. The van der Waals surface area contributed by atoms with Crippen LogP contribution in [0.2, 0.25) is 0 Å². The summed E-state index contributed by atoms with van der Waals surface area (Å²) in [5.74, 6) is -0.392. The van der Waals surface area contributed by atoms with E-state index in [1.807, 2.05) is 13.8 Å². The van der Waals surface area contributed by atoms with Crippen molar-refractivity contribution >= 4 is 17.4 Å². The molecule has 1 aromatic heterocycles. The number of hydrogen-bond acceptors (Lipinski definition) is 4. The number of nitrogens with one attached hydrogen (secondary N) is 2. The van der Waals surface area contributed by atoms with E-state index in [0.717, 1.165) is 5.56 Å². The van der Waals surface area contributed by atoms with Crippen LogP contribution in [-0.2, 0) is 0 Å². The number of halogens is 1. The van der Waals surface area contributed by atoms with Crippen LogP contribution in [-0.4, -0.2) is 22.4 Å². The maximum Gasteiger partial charge on any atom is 0.275 e. The van der Waals surface area contributed by atoms with E-state index in [2.05, 4.69) is 20.6 Å². The lowest BCUT2D eigenvalue weighted by atomic mass is 10.2. The summed E-state index contributed by atoms with van der Waals surface area (Å²) in [7, 11) is 0.